The molecule has 0 aliphatic heterocycles. The van der Waals surface area contributed by atoms with Crippen LogP contribution < -0.4 is 21.1 Å². The predicted octanol–water partition coefficient (Wildman–Crippen LogP) is 1.27. The van der Waals surface area contributed by atoms with E-state index in [-0.39, 0.29) is 24.0 Å². The lowest BCUT2D eigenvalue weighted by Crippen LogP contribution is -2.33. The lowest BCUT2D eigenvalue weighted by atomic mass is 10.00. The van der Waals surface area contributed by atoms with Crippen LogP contribution >= 0.6 is 0 Å². The Morgan fingerprint density at radius 1 is 1.29 bits per heavy atom. The summed E-state index contributed by atoms with van der Waals surface area (Å²) < 4.78 is 5.31. The molecule has 0 aromatic heterocycles. The number of rotatable bonds is 7. The average Bonchev–Trinajstić information content (AvgIpc) is 2.42. The third kappa shape index (κ3) is 7.31. The maximum Gasteiger partial charge on any atom is 0.257 e. The summed E-state index contributed by atoms with van der Waals surface area (Å²) in [6.07, 6.45) is 0.957. The first-order valence-corrected chi connectivity index (χ1v) is 6.82. The summed E-state index contributed by atoms with van der Waals surface area (Å²) >= 11 is 0. The summed E-state index contributed by atoms with van der Waals surface area (Å²) in [5.74, 6) is 0.210. The van der Waals surface area contributed by atoms with Crippen LogP contribution in [0.1, 0.15) is 26.7 Å². The second-order valence-corrected chi connectivity index (χ2v) is 5.53. The van der Waals surface area contributed by atoms with E-state index >= 15 is 0 Å². The number of hydrogen-bond donors (Lipinski definition) is 3. The molecule has 0 heterocycles. The molecule has 4 N–H and O–H groups in total. The van der Waals surface area contributed by atoms with E-state index in [2.05, 4.69) is 10.6 Å². The normalized spacial score (nSPS) is 10.9. The minimum atomic E-state index is -0.365. The van der Waals surface area contributed by atoms with E-state index in [0.29, 0.717) is 24.3 Å². The molecule has 116 valence electrons. The molecule has 0 saturated carbocycles. The summed E-state index contributed by atoms with van der Waals surface area (Å²) in [5.41, 5.74) is 6.11. The highest BCUT2D eigenvalue weighted by molar-refractivity contribution is 5.90. The number of amides is 2. The number of carbonyl (C=O) groups is 2. The smallest absolute Gasteiger partial charge is 0.257 e. The van der Waals surface area contributed by atoms with Crippen molar-refractivity contribution in [2.75, 3.05) is 19.0 Å². The van der Waals surface area contributed by atoms with E-state index in [9.17, 15) is 9.59 Å². The fourth-order valence-corrected chi connectivity index (χ4v) is 1.54. The topological polar surface area (TPSA) is 93.5 Å². The second-order valence-electron chi connectivity index (χ2n) is 5.53. The average molecular weight is 293 g/mol. The van der Waals surface area contributed by atoms with Gasteiger partial charge >= 0.3 is 0 Å². The van der Waals surface area contributed by atoms with Crippen molar-refractivity contribution in [3.05, 3.63) is 24.3 Å². The van der Waals surface area contributed by atoms with Gasteiger partial charge in [-0.1, -0.05) is 6.07 Å². The van der Waals surface area contributed by atoms with Gasteiger partial charge in [0.2, 0.25) is 5.91 Å². The Labute approximate surface area is 125 Å². The molecule has 1 rings (SSSR count). The largest absolute Gasteiger partial charge is 0.484 e. The van der Waals surface area contributed by atoms with Crippen LogP contribution in [0.2, 0.25) is 0 Å². The Morgan fingerprint density at radius 3 is 2.62 bits per heavy atom. The minimum absolute atomic E-state index is 0.0603. The minimum Gasteiger partial charge on any atom is -0.484 e. The quantitative estimate of drug-likeness (QED) is 0.705. The van der Waals surface area contributed by atoms with Gasteiger partial charge in [-0.15, -0.1) is 0 Å². The van der Waals surface area contributed by atoms with Gasteiger partial charge in [-0.3, -0.25) is 9.59 Å². The van der Waals surface area contributed by atoms with Crippen LogP contribution in [0.15, 0.2) is 24.3 Å². The number of benzene rings is 1. The van der Waals surface area contributed by atoms with Crippen molar-refractivity contribution in [2.24, 2.45) is 5.73 Å². The van der Waals surface area contributed by atoms with Crippen LogP contribution in [0, 0.1) is 0 Å². The van der Waals surface area contributed by atoms with Gasteiger partial charge in [-0.05, 0) is 32.4 Å². The van der Waals surface area contributed by atoms with Gasteiger partial charge in [0, 0.05) is 30.8 Å². The Bertz CT molecular complexity index is 495. The molecular formula is C15H23N3O3. The molecule has 21 heavy (non-hydrogen) atoms. The van der Waals surface area contributed by atoms with Crippen molar-refractivity contribution in [3.63, 3.8) is 0 Å². The zero-order valence-corrected chi connectivity index (χ0v) is 12.7. The van der Waals surface area contributed by atoms with Crippen molar-refractivity contribution >= 4 is 17.5 Å². The van der Waals surface area contributed by atoms with E-state index in [1.54, 1.807) is 31.3 Å². The first kappa shape index (κ1) is 17.0. The van der Waals surface area contributed by atoms with Gasteiger partial charge in [0.05, 0.1) is 0 Å². The van der Waals surface area contributed by atoms with Gasteiger partial charge in [-0.2, -0.15) is 0 Å². The van der Waals surface area contributed by atoms with Crippen LogP contribution in [0.4, 0.5) is 5.69 Å². The first-order chi connectivity index (χ1) is 9.80. The van der Waals surface area contributed by atoms with Crippen molar-refractivity contribution in [1.82, 2.24) is 5.32 Å². The molecule has 1 aromatic rings. The summed E-state index contributed by atoms with van der Waals surface area (Å²) in [4.78, 5) is 22.9. The number of carbonyl (C=O) groups excluding carboxylic acids is 2. The van der Waals surface area contributed by atoms with E-state index in [0.717, 1.165) is 0 Å². The first-order valence-electron chi connectivity index (χ1n) is 6.82. The maximum atomic E-state index is 11.8. The standard InChI is InChI=1S/C15H23N3O3/c1-15(2,16)8-7-13(19)18-11-5-4-6-12(9-11)21-10-14(20)17-3/h4-6,9H,7-8,10,16H2,1-3H3,(H,17,20)(H,18,19). The highest BCUT2D eigenvalue weighted by Crippen LogP contribution is 2.18. The molecule has 6 nitrogen and oxygen atoms in total. The predicted molar refractivity (Wildman–Crippen MR) is 82.1 cm³/mol. The zero-order chi connectivity index (χ0) is 15.9. The molecule has 0 aliphatic rings. The molecule has 0 saturated heterocycles. The molecule has 0 atom stereocenters. The second kappa shape index (κ2) is 7.64. The van der Waals surface area contributed by atoms with Crippen molar-refractivity contribution in [1.29, 1.82) is 0 Å². The SMILES string of the molecule is CNC(=O)COc1cccc(NC(=O)CCC(C)(C)N)c1. The number of likely N-dealkylation sites (N-methyl/N-ethyl adjacent to an activating group) is 1. The molecule has 0 radical (unpaired) electrons. The van der Waals surface area contributed by atoms with E-state index in [1.807, 2.05) is 13.8 Å². The summed E-state index contributed by atoms with van der Waals surface area (Å²) in [7, 11) is 1.54. The lowest BCUT2D eigenvalue weighted by molar-refractivity contribution is -0.122. The number of nitrogens with one attached hydrogen (secondary N) is 2. The fourth-order valence-electron chi connectivity index (χ4n) is 1.54. The van der Waals surface area contributed by atoms with Crippen LogP contribution in [0.3, 0.4) is 0 Å². The Morgan fingerprint density at radius 2 is 2.00 bits per heavy atom. The van der Waals surface area contributed by atoms with Crippen LogP contribution in [0.5, 0.6) is 5.75 Å². The lowest BCUT2D eigenvalue weighted by Gasteiger charge is -2.17. The third-order valence-electron chi connectivity index (χ3n) is 2.76. The van der Waals surface area contributed by atoms with Crippen molar-refractivity contribution in [3.8, 4) is 5.75 Å². The van der Waals surface area contributed by atoms with Crippen LogP contribution in [-0.2, 0) is 9.59 Å². The Hall–Kier alpha value is -2.08. The summed E-state index contributed by atoms with van der Waals surface area (Å²) in [6, 6.07) is 6.91. The molecule has 0 fully saturated rings. The van der Waals surface area contributed by atoms with Gasteiger partial charge in [0.25, 0.3) is 5.91 Å². The molecule has 6 heteroatoms. The summed E-state index contributed by atoms with van der Waals surface area (Å²) in [5, 5.41) is 5.25. The monoisotopic (exact) mass is 293 g/mol. The van der Waals surface area contributed by atoms with Gasteiger partial charge < -0.3 is 21.1 Å². The molecule has 0 spiro atoms. The Balaban J connectivity index is 2.52. The molecule has 0 bridgehead atoms. The molecule has 2 amide bonds. The van der Waals surface area contributed by atoms with E-state index in [1.165, 1.54) is 0 Å². The fraction of sp³-hybridized carbons (Fsp3) is 0.467. The van der Waals surface area contributed by atoms with Gasteiger partial charge in [-0.25, -0.2) is 0 Å². The highest BCUT2D eigenvalue weighted by Gasteiger charge is 2.13. The van der Waals surface area contributed by atoms with Crippen LogP contribution in [-0.4, -0.2) is 31.0 Å². The molecule has 1 aromatic carbocycles. The number of hydrogen-bond acceptors (Lipinski definition) is 4. The highest BCUT2D eigenvalue weighted by atomic mass is 16.5. The van der Waals surface area contributed by atoms with Gasteiger partial charge in [0.1, 0.15) is 5.75 Å². The maximum absolute atomic E-state index is 11.8. The van der Waals surface area contributed by atoms with E-state index < -0.39 is 0 Å². The number of ether oxygens (including phenoxy) is 1. The van der Waals surface area contributed by atoms with Crippen LogP contribution in [0.25, 0.3) is 0 Å². The molecular weight excluding hydrogens is 270 g/mol. The van der Waals surface area contributed by atoms with Crippen molar-refractivity contribution in [2.45, 2.75) is 32.2 Å². The Kier molecular flexibility index (Phi) is 6.17. The van der Waals surface area contributed by atoms with E-state index in [4.69, 9.17) is 10.5 Å². The third-order valence-corrected chi connectivity index (χ3v) is 2.76. The number of anilines is 1. The zero-order valence-electron chi connectivity index (χ0n) is 12.7. The van der Waals surface area contributed by atoms with Crippen molar-refractivity contribution < 1.29 is 14.3 Å². The van der Waals surface area contributed by atoms with Gasteiger partial charge in [0.15, 0.2) is 6.61 Å². The molecule has 0 unspecified atom stereocenters. The number of nitrogens with two attached hydrogens (primary N) is 1. The summed E-state index contributed by atoms with van der Waals surface area (Å²) in [6.45, 7) is 3.70. The molecule has 0 aliphatic carbocycles.